The summed E-state index contributed by atoms with van der Waals surface area (Å²) in [6.45, 7) is 4.68. The standard InChI is InChI=1S/C12H16N2O4S/c1-2-19(16,17)13-8-10-5-6-14(9-10)12(15)11-4-3-7-18-11/h2-4,7,10,13H,1,5-6,8-9H2. The molecule has 1 aromatic heterocycles. The maximum atomic E-state index is 12.0. The van der Waals surface area contributed by atoms with Crippen LogP contribution in [0, 0.1) is 5.92 Å². The smallest absolute Gasteiger partial charge is 0.289 e. The summed E-state index contributed by atoms with van der Waals surface area (Å²) < 4.78 is 30.0. The van der Waals surface area contributed by atoms with Crippen molar-refractivity contribution in [2.24, 2.45) is 5.92 Å². The molecule has 2 rings (SSSR count). The highest BCUT2D eigenvalue weighted by Crippen LogP contribution is 2.18. The molecule has 0 radical (unpaired) electrons. The number of likely N-dealkylation sites (tertiary alicyclic amines) is 1. The Labute approximate surface area is 112 Å². The lowest BCUT2D eigenvalue weighted by Gasteiger charge is -2.15. The summed E-state index contributed by atoms with van der Waals surface area (Å²) in [7, 11) is -3.40. The molecule has 1 atom stereocenters. The van der Waals surface area contributed by atoms with E-state index < -0.39 is 10.0 Å². The fraction of sp³-hybridized carbons (Fsp3) is 0.417. The van der Waals surface area contributed by atoms with Gasteiger partial charge < -0.3 is 9.32 Å². The number of furan rings is 1. The molecule has 19 heavy (non-hydrogen) atoms. The maximum absolute atomic E-state index is 12.0. The zero-order valence-corrected chi connectivity index (χ0v) is 11.2. The molecule has 1 aliphatic rings. The topological polar surface area (TPSA) is 79.6 Å². The molecule has 0 bridgehead atoms. The molecule has 1 N–H and O–H groups in total. The van der Waals surface area contributed by atoms with Gasteiger partial charge in [0.15, 0.2) is 5.76 Å². The lowest BCUT2D eigenvalue weighted by molar-refractivity contribution is 0.0756. The van der Waals surface area contributed by atoms with E-state index in [9.17, 15) is 13.2 Å². The Kier molecular flexibility index (Phi) is 4.06. The molecular weight excluding hydrogens is 268 g/mol. The van der Waals surface area contributed by atoms with Crippen LogP contribution in [0.1, 0.15) is 17.0 Å². The van der Waals surface area contributed by atoms with Crippen molar-refractivity contribution in [3.63, 3.8) is 0 Å². The van der Waals surface area contributed by atoms with Gasteiger partial charge in [0.2, 0.25) is 10.0 Å². The molecule has 6 nitrogen and oxygen atoms in total. The number of sulfonamides is 1. The van der Waals surface area contributed by atoms with E-state index in [0.717, 1.165) is 11.8 Å². The largest absolute Gasteiger partial charge is 0.459 e. The van der Waals surface area contributed by atoms with Crippen LogP contribution in [-0.2, 0) is 10.0 Å². The van der Waals surface area contributed by atoms with Gasteiger partial charge >= 0.3 is 0 Å². The van der Waals surface area contributed by atoms with E-state index in [4.69, 9.17) is 4.42 Å². The van der Waals surface area contributed by atoms with Gasteiger partial charge in [-0.25, -0.2) is 13.1 Å². The van der Waals surface area contributed by atoms with E-state index in [0.29, 0.717) is 25.4 Å². The summed E-state index contributed by atoms with van der Waals surface area (Å²) >= 11 is 0. The molecule has 1 amide bonds. The molecule has 2 heterocycles. The van der Waals surface area contributed by atoms with Crippen molar-refractivity contribution in [2.75, 3.05) is 19.6 Å². The first-order valence-corrected chi connectivity index (χ1v) is 7.51. The second kappa shape index (κ2) is 5.58. The molecule has 0 aromatic carbocycles. The van der Waals surface area contributed by atoms with Crippen LogP contribution in [0.3, 0.4) is 0 Å². The van der Waals surface area contributed by atoms with Gasteiger partial charge in [0.05, 0.1) is 6.26 Å². The van der Waals surface area contributed by atoms with Crippen molar-refractivity contribution >= 4 is 15.9 Å². The maximum Gasteiger partial charge on any atom is 0.289 e. The first kappa shape index (κ1) is 13.8. The Balaban J connectivity index is 1.87. The zero-order valence-electron chi connectivity index (χ0n) is 10.4. The van der Waals surface area contributed by atoms with Gasteiger partial charge in [0, 0.05) is 25.0 Å². The number of nitrogens with zero attached hydrogens (tertiary/aromatic N) is 1. The van der Waals surface area contributed by atoms with Crippen molar-refractivity contribution in [3.05, 3.63) is 36.1 Å². The summed E-state index contributed by atoms with van der Waals surface area (Å²) in [5, 5.41) is 0.883. The van der Waals surface area contributed by atoms with Gasteiger partial charge in [-0.2, -0.15) is 0 Å². The number of amides is 1. The predicted molar refractivity (Wildman–Crippen MR) is 69.8 cm³/mol. The minimum atomic E-state index is -3.40. The Morgan fingerprint density at radius 1 is 1.63 bits per heavy atom. The van der Waals surface area contributed by atoms with E-state index in [1.807, 2.05) is 0 Å². The summed E-state index contributed by atoms with van der Waals surface area (Å²) in [6.07, 6.45) is 2.23. The minimum absolute atomic E-state index is 0.119. The van der Waals surface area contributed by atoms with E-state index in [1.54, 1.807) is 17.0 Å². The first-order chi connectivity index (χ1) is 9.02. The minimum Gasteiger partial charge on any atom is -0.459 e. The van der Waals surface area contributed by atoms with Crippen molar-refractivity contribution < 1.29 is 17.6 Å². The van der Waals surface area contributed by atoms with Gasteiger partial charge in [-0.1, -0.05) is 6.58 Å². The summed E-state index contributed by atoms with van der Waals surface area (Å²) in [5.41, 5.74) is 0. The highest BCUT2D eigenvalue weighted by Gasteiger charge is 2.28. The second-order valence-electron chi connectivity index (χ2n) is 4.44. The normalized spacial score (nSPS) is 19.6. The molecule has 0 spiro atoms. The van der Waals surface area contributed by atoms with E-state index in [1.165, 1.54) is 6.26 Å². The van der Waals surface area contributed by atoms with Crippen LogP contribution < -0.4 is 4.72 Å². The highest BCUT2D eigenvalue weighted by molar-refractivity contribution is 7.92. The van der Waals surface area contributed by atoms with E-state index in [2.05, 4.69) is 11.3 Å². The van der Waals surface area contributed by atoms with Crippen LogP contribution in [0.5, 0.6) is 0 Å². The van der Waals surface area contributed by atoms with Crippen LogP contribution >= 0.6 is 0 Å². The summed E-state index contributed by atoms with van der Waals surface area (Å²) in [6, 6.07) is 3.29. The molecule has 1 fully saturated rings. The predicted octanol–water partition coefficient (Wildman–Crippen LogP) is 0.805. The average Bonchev–Trinajstić information content (AvgIpc) is 3.07. The Morgan fingerprint density at radius 2 is 2.42 bits per heavy atom. The number of nitrogens with one attached hydrogen (secondary N) is 1. The van der Waals surface area contributed by atoms with E-state index in [-0.39, 0.29) is 11.8 Å². The third-order valence-corrected chi connectivity index (χ3v) is 4.11. The molecular formula is C12H16N2O4S. The van der Waals surface area contributed by atoms with Gasteiger partial charge in [-0.3, -0.25) is 4.79 Å². The molecule has 1 aliphatic heterocycles. The highest BCUT2D eigenvalue weighted by atomic mass is 32.2. The van der Waals surface area contributed by atoms with Gasteiger partial charge in [-0.15, -0.1) is 0 Å². The van der Waals surface area contributed by atoms with Gasteiger partial charge in [0.1, 0.15) is 0 Å². The van der Waals surface area contributed by atoms with Gasteiger partial charge in [0.25, 0.3) is 5.91 Å². The van der Waals surface area contributed by atoms with Crippen LogP contribution in [0.25, 0.3) is 0 Å². The molecule has 7 heteroatoms. The number of rotatable bonds is 5. The monoisotopic (exact) mass is 284 g/mol. The average molecular weight is 284 g/mol. The zero-order chi connectivity index (χ0) is 13.9. The number of hydrogen-bond donors (Lipinski definition) is 1. The lowest BCUT2D eigenvalue weighted by atomic mass is 10.1. The van der Waals surface area contributed by atoms with Gasteiger partial charge in [-0.05, 0) is 24.5 Å². The Hall–Kier alpha value is -1.60. The first-order valence-electron chi connectivity index (χ1n) is 5.97. The number of carbonyl (C=O) groups excluding carboxylic acids is 1. The quantitative estimate of drug-likeness (QED) is 0.867. The van der Waals surface area contributed by atoms with Crippen molar-refractivity contribution in [1.82, 2.24) is 9.62 Å². The fourth-order valence-corrected chi connectivity index (χ4v) is 2.62. The van der Waals surface area contributed by atoms with Crippen LogP contribution in [0.2, 0.25) is 0 Å². The lowest BCUT2D eigenvalue weighted by Crippen LogP contribution is -2.32. The fourth-order valence-electron chi connectivity index (χ4n) is 2.03. The Morgan fingerprint density at radius 3 is 3.05 bits per heavy atom. The molecule has 1 saturated heterocycles. The third-order valence-electron chi connectivity index (χ3n) is 3.10. The summed E-state index contributed by atoms with van der Waals surface area (Å²) in [4.78, 5) is 13.7. The second-order valence-corrected chi connectivity index (χ2v) is 6.16. The van der Waals surface area contributed by atoms with Crippen molar-refractivity contribution in [3.8, 4) is 0 Å². The van der Waals surface area contributed by atoms with Crippen LogP contribution in [0.15, 0.2) is 34.8 Å². The molecule has 1 aromatic rings. The molecule has 0 aliphatic carbocycles. The van der Waals surface area contributed by atoms with Crippen LogP contribution in [0.4, 0.5) is 0 Å². The number of carbonyl (C=O) groups is 1. The molecule has 104 valence electrons. The third kappa shape index (κ3) is 3.45. The van der Waals surface area contributed by atoms with E-state index >= 15 is 0 Å². The SMILES string of the molecule is C=CS(=O)(=O)NCC1CCN(C(=O)c2ccco2)C1. The molecule has 0 saturated carbocycles. The molecule has 1 unspecified atom stereocenters. The summed E-state index contributed by atoms with van der Waals surface area (Å²) in [5.74, 6) is 0.278. The van der Waals surface area contributed by atoms with Crippen molar-refractivity contribution in [1.29, 1.82) is 0 Å². The van der Waals surface area contributed by atoms with Crippen LogP contribution in [-0.4, -0.2) is 38.9 Å². The Bertz CT molecular complexity index is 550. The van der Waals surface area contributed by atoms with Crippen molar-refractivity contribution in [2.45, 2.75) is 6.42 Å². The number of hydrogen-bond acceptors (Lipinski definition) is 4.